The first-order valence-electron chi connectivity index (χ1n) is 5.42. The van der Waals surface area contributed by atoms with Crippen LogP contribution in [0, 0.1) is 21.4 Å². The Hall–Kier alpha value is -1.89. The van der Waals surface area contributed by atoms with E-state index in [0.717, 1.165) is 43.2 Å². The van der Waals surface area contributed by atoms with Crippen molar-refractivity contribution in [2.75, 3.05) is 0 Å². The lowest BCUT2D eigenvalue weighted by Crippen LogP contribution is -1.98. The summed E-state index contributed by atoms with van der Waals surface area (Å²) in [6, 6.07) is 5.18. The molecule has 1 aliphatic rings. The van der Waals surface area contributed by atoms with Crippen LogP contribution >= 0.6 is 0 Å². The summed E-state index contributed by atoms with van der Waals surface area (Å²) in [5, 5.41) is 19.7. The second-order valence-corrected chi connectivity index (χ2v) is 4.07. The van der Waals surface area contributed by atoms with Gasteiger partial charge in [-0.2, -0.15) is 5.26 Å². The molecule has 0 aliphatic heterocycles. The third kappa shape index (κ3) is 1.89. The van der Waals surface area contributed by atoms with Crippen LogP contribution in [0.2, 0.25) is 0 Å². The number of rotatable bonds is 1. The molecule has 0 heterocycles. The van der Waals surface area contributed by atoms with E-state index in [9.17, 15) is 10.1 Å². The molecule has 2 rings (SSSR count). The van der Waals surface area contributed by atoms with Gasteiger partial charge in [0.25, 0.3) is 5.69 Å². The second kappa shape index (κ2) is 4.31. The second-order valence-electron chi connectivity index (χ2n) is 4.07. The molecule has 0 unspecified atom stereocenters. The predicted molar refractivity (Wildman–Crippen MR) is 59.1 cm³/mol. The molecule has 0 saturated heterocycles. The van der Waals surface area contributed by atoms with Gasteiger partial charge in [-0.15, -0.1) is 0 Å². The molecule has 0 radical (unpaired) electrons. The lowest BCUT2D eigenvalue weighted by Gasteiger charge is -2.05. The van der Waals surface area contributed by atoms with E-state index in [1.54, 1.807) is 12.1 Å². The summed E-state index contributed by atoms with van der Waals surface area (Å²) in [7, 11) is 0. The highest BCUT2D eigenvalue weighted by Crippen LogP contribution is 2.27. The van der Waals surface area contributed by atoms with Gasteiger partial charge < -0.3 is 0 Å². The summed E-state index contributed by atoms with van der Waals surface area (Å²) in [5.41, 5.74) is 2.29. The standard InChI is InChI=1S/C12H12N2O2/c13-8-11-6-9-4-2-1-3-5-10(9)7-12(11)14(15)16/h6-7H,1-5H2. The lowest BCUT2D eigenvalue weighted by molar-refractivity contribution is -0.385. The van der Waals surface area contributed by atoms with Gasteiger partial charge in [-0.05, 0) is 42.9 Å². The minimum absolute atomic E-state index is 0.0526. The zero-order valence-electron chi connectivity index (χ0n) is 8.90. The summed E-state index contributed by atoms with van der Waals surface area (Å²) in [5.74, 6) is 0. The molecule has 0 spiro atoms. The number of benzene rings is 1. The lowest BCUT2D eigenvalue weighted by atomic mass is 9.99. The quantitative estimate of drug-likeness (QED) is 0.412. The number of nitro groups is 1. The van der Waals surface area contributed by atoms with Crippen LogP contribution < -0.4 is 0 Å². The van der Waals surface area contributed by atoms with Crippen LogP contribution in [0.25, 0.3) is 0 Å². The van der Waals surface area contributed by atoms with Crippen molar-refractivity contribution >= 4 is 5.69 Å². The fourth-order valence-corrected chi connectivity index (χ4v) is 2.19. The molecular formula is C12H12N2O2. The highest BCUT2D eigenvalue weighted by atomic mass is 16.6. The van der Waals surface area contributed by atoms with Gasteiger partial charge in [-0.25, -0.2) is 0 Å². The molecule has 0 fully saturated rings. The number of hydrogen-bond acceptors (Lipinski definition) is 3. The summed E-state index contributed by atoms with van der Waals surface area (Å²) in [4.78, 5) is 10.3. The van der Waals surface area contributed by atoms with Crippen LogP contribution in [0.3, 0.4) is 0 Å². The number of nitriles is 1. The molecule has 82 valence electrons. The fourth-order valence-electron chi connectivity index (χ4n) is 2.19. The summed E-state index contributed by atoms with van der Waals surface area (Å²) < 4.78 is 0. The molecule has 0 amide bonds. The van der Waals surface area contributed by atoms with Gasteiger partial charge in [0.05, 0.1) is 4.92 Å². The Bertz CT molecular complexity index is 475. The van der Waals surface area contributed by atoms with Crippen molar-refractivity contribution in [3.05, 3.63) is 38.9 Å². The van der Waals surface area contributed by atoms with Gasteiger partial charge in [0.15, 0.2) is 0 Å². The van der Waals surface area contributed by atoms with Crippen LogP contribution in [0.1, 0.15) is 36.0 Å². The third-order valence-electron chi connectivity index (χ3n) is 3.03. The van der Waals surface area contributed by atoms with Gasteiger partial charge in [0.2, 0.25) is 0 Å². The van der Waals surface area contributed by atoms with E-state index >= 15 is 0 Å². The average molecular weight is 216 g/mol. The van der Waals surface area contributed by atoms with Crippen molar-refractivity contribution < 1.29 is 4.92 Å². The zero-order chi connectivity index (χ0) is 11.5. The van der Waals surface area contributed by atoms with Crippen molar-refractivity contribution in [3.8, 4) is 6.07 Å². The fraction of sp³-hybridized carbons (Fsp3) is 0.417. The molecule has 1 aromatic rings. The molecule has 0 saturated carbocycles. The first kappa shape index (κ1) is 10.6. The number of aryl methyl sites for hydroxylation is 2. The number of fused-ring (bicyclic) bond motifs is 1. The van der Waals surface area contributed by atoms with E-state index < -0.39 is 4.92 Å². The first-order valence-corrected chi connectivity index (χ1v) is 5.42. The van der Waals surface area contributed by atoms with Gasteiger partial charge in [-0.1, -0.05) is 6.42 Å². The minimum atomic E-state index is -0.469. The predicted octanol–water partition coefficient (Wildman–Crippen LogP) is 2.74. The Balaban J connectivity index is 2.54. The maximum absolute atomic E-state index is 10.8. The van der Waals surface area contributed by atoms with Crippen LogP contribution in [-0.4, -0.2) is 4.92 Å². The largest absolute Gasteiger partial charge is 0.287 e. The van der Waals surface area contributed by atoms with Crippen molar-refractivity contribution in [1.82, 2.24) is 0 Å². The van der Waals surface area contributed by atoms with Gasteiger partial charge in [0, 0.05) is 6.07 Å². The Morgan fingerprint density at radius 2 is 1.81 bits per heavy atom. The highest BCUT2D eigenvalue weighted by molar-refractivity contribution is 5.53. The maximum Gasteiger partial charge on any atom is 0.287 e. The SMILES string of the molecule is N#Cc1cc2c(cc1[N+](=O)[O-])CCCCC2. The van der Waals surface area contributed by atoms with Crippen molar-refractivity contribution in [2.45, 2.75) is 32.1 Å². The van der Waals surface area contributed by atoms with Crippen molar-refractivity contribution in [1.29, 1.82) is 5.26 Å². The molecular weight excluding hydrogens is 204 g/mol. The van der Waals surface area contributed by atoms with E-state index in [0.29, 0.717) is 0 Å². The van der Waals surface area contributed by atoms with Crippen molar-refractivity contribution in [2.24, 2.45) is 0 Å². The number of nitro benzene ring substituents is 1. The van der Waals surface area contributed by atoms with E-state index in [1.807, 2.05) is 6.07 Å². The zero-order valence-corrected chi connectivity index (χ0v) is 8.90. The molecule has 0 bridgehead atoms. The monoisotopic (exact) mass is 216 g/mol. The Morgan fingerprint density at radius 1 is 1.19 bits per heavy atom. The topological polar surface area (TPSA) is 66.9 Å². The van der Waals surface area contributed by atoms with Crippen LogP contribution in [-0.2, 0) is 12.8 Å². The Kier molecular flexibility index (Phi) is 2.86. The van der Waals surface area contributed by atoms with Gasteiger partial charge in [0.1, 0.15) is 11.6 Å². The molecule has 1 aromatic carbocycles. The van der Waals surface area contributed by atoms with Crippen LogP contribution in [0.5, 0.6) is 0 Å². The van der Waals surface area contributed by atoms with Crippen LogP contribution in [0.4, 0.5) is 5.69 Å². The van der Waals surface area contributed by atoms with E-state index in [-0.39, 0.29) is 11.3 Å². The third-order valence-corrected chi connectivity index (χ3v) is 3.03. The maximum atomic E-state index is 10.8. The average Bonchev–Trinajstić information content (AvgIpc) is 2.51. The van der Waals surface area contributed by atoms with Gasteiger partial charge in [-0.3, -0.25) is 10.1 Å². The molecule has 0 N–H and O–H groups in total. The van der Waals surface area contributed by atoms with Gasteiger partial charge >= 0.3 is 0 Å². The number of hydrogen-bond donors (Lipinski definition) is 0. The minimum Gasteiger partial charge on any atom is -0.258 e. The molecule has 16 heavy (non-hydrogen) atoms. The Morgan fingerprint density at radius 3 is 2.38 bits per heavy atom. The first-order chi connectivity index (χ1) is 7.72. The van der Waals surface area contributed by atoms with Crippen molar-refractivity contribution in [3.63, 3.8) is 0 Å². The summed E-state index contributed by atoms with van der Waals surface area (Å²) in [6.45, 7) is 0. The Labute approximate surface area is 93.7 Å². The van der Waals surface area contributed by atoms with E-state index in [4.69, 9.17) is 5.26 Å². The van der Waals surface area contributed by atoms with E-state index in [2.05, 4.69) is 0 Å². The summed E-state index contributed by atoms with van der Waals surface area (Å²) >= 11 is 0. The molecule has 0 atom stereocenters. The smallest absolute Gasteiger partial charge is 0.258 e. The van der Waals surface area contributed by atoms with Crippen LogP contribution in [0.15, 0.2) is 12.1 Å². The molecule has 0 aromatic heterocycles. The number of nitrogens with zero attached hydrogens (tertiary/aromatic N) is 2. The highest BCUT2D eigenvalue weighted by Gasteiger charge is 2.18. The molecule has 4 heteroatoms. The normalized spacial score (nSPS) is 14.7. The molecule has 4 nitrogen and oxygen atoms in total. The molecule has 1 aliphatic carbocycles. The summed E-state index contributed by atoms with van der Waals surface area (Å²) in [6.07, 6.45) is 5.17. The van der Waals surface area contributed by atoms with E-state index in [1.165, 1.54) is 0 Å².